The topological polar surface area (TPSA) is 27.7 Å². The molecule has 0 amide bonds. The van der Waals surface area contributed by atoms with Crippen molar-refractivity contribution in [2.75, 3.05) is 19.8 Å². The van der Waals surface area contributed by atoms with Crippen LogP contribution in [-0.4, -0.2) is 29.3 Å². The first-order valence-electron chi connectivity index (χ1n) is 4.69. The maximum absolute atomic E-state index is 5.43. The summed E-state index contributed by atoms with van der Waals surface area (Å²) >= 11 is 0. The molecule has 3 nitrogen and oxygen atoms in total. The van der Waals surface area contributed by atoms with E-state index in [0.29, 0.717) is 6.61 Å². The van der Waals surface area contributed by atoms with Crippen molar-refractivity contribution < 1.29 is 13.3 Å². The Morgan fingerprint density at radius 2 is 1.33 bits per heavy atom. The van der Waals surface area contributed by atoms with Crippen LogP contribution in [0.3, 0.4) is 0 Å². The fraction of sp³-hybridized carbons (Fsp3) is 1.00. The highest BCUT2D eigenvalue weighted by Gasteiger charge is 2.12. The molecule has 0 aliphatic carbocycles. The molecule has 74 valence electrons. The van der Waals surface area contributed by atoms with Crippen molar-refractivity contribution in [2.24, 2.45) is 0 Å². The third-order valence-electron chi connectivity index (χ3n) is 1.22. The molecule has 0 aromatic rings. The SMILES string of the molecule is CCCO[SiH](OCC)OCCC. The lowest BCUT2D eigenvalue weighted by atomic mass is 10.5. The van der Waals surface area contributed by atoms with E-state index >= 15 is 0 Å². The van der Waals surface area contributed by atoms with Gasteiger partial charge in [-0.25, -0.2) is 0 Å². The Balaban J connectivity index is 3.40. The van der Waals surface area contributed by atoms with Crippen LogP contribution in [0.2, 0.25) is 0 Å². The fourth-order valence-electron chi connectivity index (χ4n) is 0.709. The summed E-state index contributed by atoms with van der Waals surface area (Å²) in [5.41, 5.74) is 0. The van der Waals surface area contributed by atoms with Gasteiger partial charge in [-0.2, -0.15) is 0 Å². The van der Waals surface area contributed by atoms with Crippen LogP contribution in [0.15, 0.2) is 0 Å². The first-order valence-corrected chi connectivity index (χ1v) is 6.11. The van der Waals surface area contributed by atoms with Gasteiger partial charge in [-0.1, -0.05) is 13.8 Å². The summed E-state index contributed by atoms with van der Waals surface area (Å²) in [5, 5.41) is 0. The van der Waals surface area contributed by atoms with Crippen molar-refractivity contribution in [3.8, 4) is 0 Å². The predicted molar refractivity (Wildman–Crippen MR) is 51.3 cm³/mol. The van der Waals surface area contributed by atoms with E-state index in [0.717, 1.165) is 26.1 Å². The smallest absolute Gasteiger partial charge is 0.376 e. The van der Waals surface area contributed by atoms with Gasteiger partial charge in [0, 0.05) is 19.8 Å². The molecule has 0 saturated heterocycles. The van der Waals surface area contributed by atoms with Gasteiger partial charge in [-0.3, -0.25) is 0 Å². The molecule has 0 bridgehead atoms. The average Bonchev–Trinajstić information content (AvgIpc) is 2.10. The van der Waals surface area contributed by atoms with E-state index in [9.17, 15) is 0 Å². The number of rotatable bonds is 8. The van der Waals surface area contributed by atoms with Gasteiger partial charge in [0.1, 0.15) is 0 Å². The average molecular weight is 192 g/mol. The van der Waals surface area contributed by atoms with Crippen molar-refractivity contribution in [3.63, 3.8) is 0 Å². The molecule has 0 unspecified atom stereocenters. The molecule has 0 rings (SSSR count). The van der Waals surface area contributed by atoms with E-state index in [1.807, 2.05) is 6.92 Å². The molecule has 0 fully saturated rings. The van der Waals surface area contributed by atoms with Gasteiger partial charge in [0.15, 0.2) is 0 Å². The Labute approximate surface area is 77.0 Å². The van der Waals surface area contributed by atoms with Gasteiger partial charge >= 0.3 is 9.53 Å². The molecule has 0 N–H and O–H groups in total. The summed E-state index contributed by atoms with van der Waals surface area (Å²) in [7, 11) is -1.77. The Kier molecular flexibility index (Phi) is 9.26. The maximum atomic E-state index is 5.43. The van der Waals surface area contributed by atoms with Crippen LogP contribution in [-0.2, 0) is 13.3 Å². The molecule has 0 aliphatic rings. The molecule has 0 atom stereocenters. The van der Waals surface area contributed by atoms with Crippen molar-refractivity contribution >= 4 is 9.53 Å². The molecule has 0 aliphatic heterocycles. The van der Waals surface area contributed by atoms with Crippen LogP contribution in [0.1, 0.15) is 33.6 Å². The van der Waals surface area contributed by atoms with Gasteiger partial charge in [0.2, 0.25) is 0 Å². The summed E-state index contributed by atoms with van der Waals surface area (Å²) in [6.07, 6.45) is 2.04. The molecule has 0 heterocycles. The largest absolute Gasteiger partial charge is 0.484 e. The van der Waals surface area contributed by atoms with Crippen LogP contribution < -0.4 is 0 Å². The number of hydrogen-bond acceptors (Lipinski definition) is 3. The van der Waals surface area contributed by atoms with Gasteiger partial charge in [-0.05, 0) is 19.8 Å². The van der Waals surface area contributed by atoms with Crippen LogP contribution in [0, 0.1) is 0 Å². The summed E-state index contributed by atoms with van der Waals surface area (Å²) in [5.74, 6) is 0. The molecular formula is C8H20O3Si. The van der Waals surface area contributed by atoms with Crippen LogP contribution in [0.25, 0.3) is 0 Å². The zero-order valence-electron chi connectivity index (χ0n) is 8.34. The van der Waals surface area contributed by atoms with Crippen LogP contribution in [0.5, 0.6) is 0 Å². The Morgan fingerprint density at radius 1 is 0.833 bits per heavy atom. The van der Waals surface area contributed by atoms with Gasteiger partial charge < -0.3 is 13.3 Å². The zero-order valence-corrected chi connectivity index (χ0v) is 9.49. The second kappa shape index (κ2) is 9.19. The molecule has 12 heavy (non-hydrogen) atoms. The summed E-state index contributed by atoms with van der Waals surface area (Å²) < 4.78 is 16.2. The Bertz CT molecular complexity index is 82.4. The molecule has 0 spiro atoms. The lowest BCUT2D eigenvalue weighted by molar-refractivity contribution is 0.0976. The van der Waals surface area contributed by atoms with Gasteiger partial charge in [-0.15, -0.1) is 0 Å². The van der Waals surface area contributed by atoms with E-state index in [4.69, 9.17) is 13.3 Å². The molecular weight excluding hydrogens is 172 g/mol. The third-order valence-corrected chi connectivity index (χ3v) is 2.84. The van der Waals surface area contributed by atoms with E-state index < -0.39 is 9.53 Å². The quantitative estimate of drug-likeness (QED) is 0.547. The van der Waals surface area contributed by atoms with Crippen molar-refractivity contribution in [2.45, 2.75) is 33.6 Å². The lowest BCUT2D eigenvalue weighted by Crippen LogP contribution is -2.27. The highest BCUT2D eigenvalue weighted by atomic mass is 28.3. The van der Waals surface area contributed by atoms with Gasteiger partial charge in [0.25, 0.3) is 0 Å². The monoisotopic (exact) mass is 192 g/mol. The lowest BCUT2D eigenvalue weighted by Gasteiger charge is -2.14. The van der Waals surface area contributed by atoms with E-state index in [1.165, 1.54) is 0 Å². The Morgan fingerprint density at radius 3 is 1.67 bits per heavy atom. The van der Waals surface area contributed by atoms with E-state index in [-0.39, 0.29) is 0 Å². The summed E-state index contributed by atoms with van der Waals surface area (Å²) in [4.78, 5) is 0. The van der Waals surface area contributed by atoms with E-state index in [2.05, 4.69) is 13.8 Å². The van der Waals surface area contributed by atoms with Crippen LogP contribution >= 0.6 is 0 Å². The zero-order chi connectivity index (χ0) is 9.23. The Hall–Kier alpha value is 0.0969. The first-order chi connectivity index (χ1) is 5.85. The minimum atomic E-state index is -1.77. The molecule has 4 heteroatoms. The highest BCUT2D eigenvalue weighted by molar-refractivity contribution is 6.36. The molecule has 0 saturated carbocycles. The molecule has 0 aromatic heterocycles. The summed E-state index contributed by atoms with van der Waals surface area (Å²) in [6, 6.07) is 0. The second-order valence-corrected chi connectivity index (χ2v) is 4.06. The fourth-order valence-corrected chi connectivity index (χ4v) is 2.13. The first kappa shape index (κ1) is 12.1. The van der Waals surface area contributed by atoms with Crippen molar-refractivity contribution in [1.82, 2.24) is 0 Å². The number of hydrogen-bond donors (Lipinski definition) is 0. The second-order valence-electron chi connectivity index (χ2n) is 2.49. The predicted octanol–water partition coefficient (Wildman–Crippen LogP) is 1.59. The third kappa shape index (κ3) is 6.79. The normalized spacial score (nSPS) is 11.0. The summed E-state index contributed by atoms with van der Waals surface area (Å²) in [6.45, 7) is 8.31. The minimum absolute atomic E-state index is 0.685. The van der Waals surface area contributed by atoms with Crippen LogP contribution in [0.4, 0.5) is 0 Å². The molecule has 0 aromatic carbocycles. The molecule has 0 radical (unpaired) electrons. The highest BCUT2D eigenvalue weighted by Crippen LogP contribution is 1.95. The minimum Gasteiger partial charge on any atom is -0.376 e. The van der Waals surface area contributed by atoms with Crippen molar-refractivity contribution in [3.05, 3.63) is 0 Å². The van der Waals surface area contributed by atoms with E-state index in [1.54, 1.807) is 0 Å². The maximum Gasteiger partial charge on any atom is 0.484 e. The van der Waals surface area contributed by atoms with Gasteiger partial charge in [0.05, 0.1) is 0 Å². The van der Waals surface area contributed by atoms with Crippen molar-refractivity contribution in [1.29, 1.82) is 0 Å². The standard InChI is InChI=1S/C8H20O3Si/c1-4-7-10-12(9-6-3)11-8-5-2/h12H,4-8H2,1-3H3.